The first-order chi connectivity index (χ1) is 14.2. The van der Waals surface area contributed by atoms with Gasteiger partial charge in [-0.15, -0.1) is 0 Å². The zero-order valence-electron chi connectivity index (χ0n) is 17.5. The summed E-state index contributed by atoms with van der Waals surface area (Å²) in [6.07, 6.45) is 1.31. The largest absolute Gasteiger partial charge is 0.480 e. The Morgan fingerprint density at radius 2 is 1.93 bits per heavy atom. The van der Waals surface area contributed by atoms with E-state index >= 15 is 0 Å². The lowest BCUT2D eigenvalue weighted by atomic mass is 10.0. The van der Waals surface area contributed by atoms with Gasteiger partial charge in [0.05, 0.1) is 25.6 Å². The van der Waals surface area contributed by atoms with Crippen molar-refractivity contribution in [3.63, 3.8) is 0 Å². The number of aliphatic carboxylic acids is 1. The van der Waals surface area contributed by atoms with Crippen molar-refractivity contribution in [2.75, 3.05) is 20.2 Å². The number of hydrogen-bond donors (Lipinski definition) is 2. The van der Waals surface area contributed by atoms with Crippen LogP contribution >= 0.6 is 0 Å². The highest BCUT2D eigenvalue weighted by atomic mass is 16.5. The van der Waals surface area contributed by atoms with E-state index in [2.05, 4.69) is 5.32 Å². The number of urea groups is 1. The fourth-order valence-corrected chi connectivity index (χ4v) is 3.46. The minimum Gasteiger partial charge on any atom is -0.480 e. The third kappa shape index (κ3) is 6.03. The first-order valence-corrected chi connectivity index (χ1v) is 10.0. The topological polar surface area (TPSA) is 116 Å². The predicted octanol–water partition coefficient (Wildman–Crippen LogP) is 1.27. The van der Waals surface area contributed by atoms with Crippen LogP contribution in [0.2, 0.25) is 0 Å². The standard InChI is InChI=1S/C21H29N3O6/c1-4-30-18(25)12-16(11-10-15-8-6-5-7-9-15)22-14(2)19(26)24-17(20(27)28)13-23(3)21(24)29/h5-9,14,16-17,22H,4,10-13H2,1-3H3,(H,27,28). The van der Waals surface area contributed by atoms with Gasteiger partial charge in [0, 0.05) is 13.1 Å². The number of aryl methyl sites for hydroxylation is 1. The molecule has 0 saturated carbocycles. The number of nitrogens with zero attached hydrogens (tertiary/aromatic N) is 2. The molecule has 0 spiro atoms. The van der Waals surface area contributed by atoms with Gasteiger partial charge in [0.2, 0.25) is 5.91 Å². The normalized spacial score (nSPS) is 18.2. The lowest BCUT2D eigenvalue weighted by Gasteiger charge is -2.26. The molecule has 9 nitrogen and oxygen atoms in total. The van der Waals surface area contributed by atoms with Gasteiger partial charge in [-0.3, -0.25) is 9.59 Å². The summed E-state index contributed by atoms with van der Waals surface area (Å²) >= 11 is 0. The molecule has 0 aliphatic carbocycles. The highest BCUT2D eigenvalue weighted by Crippen LogP contribution is 2.17. The Labute approximate surface area is 176 Å². The Morgan fingerprint density at radius 1 is 1.27 bits per heavy atom. The quantitative estimate of drug-likeness (QED) is 0.549. The van der Waals surface area contributed by atoms with Gasteiger partial charge >= 0.3 is 18.0 Å². The van der Waals surface area contributed by atoms with Gasteiger partial charge in [0.25, 0.3) is 0 Å². The lowest BCUT2D eigenvalue weighted by Crippen LogP contribution is -2.53. The number of carbonyl (C=O) groups excluding carboxylic acids is 3. The maximum atomic E-state index is 12.9. The second kappa shape index (κ2) is 10.7. The van der Waals surface area contributed by atoms with E-state index in [-0.39, 0.29) is 31.6 Å². The number of imide groups is 1. The number of carbonyl (C=O) groups is 4. The summed E-state index contributed by atoms with van der Waals surface area (Å²) in [7, 11) is 1.45. The molecule has 0 radical (unpaired) electrons. The molecule has 1 fully saturated rings. The van der Waals surface area contributed by atoms with Gasteiger partial charge < -0.3 is 20.1 Å². The molecule has 1 heterocycles. The smallest absolute Gasteiger partial charge is 0.328 e. The Hall–Kier alpha value is -2.94. The van der Waals surface area contributed by atoms with Crippen LogP contribution < -0.4 is 5.32 Å². The number of rotatable bonds is 10. The van der Waals surface area contributed by atoms with Gasteiger partial charge in [-0.25, -0.2) is 14.5 Å². The molecule has 3 amide bonds. The van der Waals surface area contributed by atoms with Crippen molar-refractivity contribution in [3.8, 4) is 0 Å². The maximum Gasteiger partial charge on any atom is 0.328 e. The number of amides is 3. The minimum atomic E-state index is -1.24. The molecule has 1 saturated heterocycles. The van der Waals surface area contributed by atoms with Gasteiger partial charge in [-0.1, -0.05) is 30.3 Å². The zero-order chi connectivity index (χ0) is 22.3. The van der Waals surface area contributed by atoms with Gasteiger partial charge in [0.1, 0.15) is 0 Å². The fourth-order valence-electron chi connectivity index (χ4n) is 3.46. The van der Waals surface area contributed by atoms with Crippen LogP contribution in [0.4, 0.5) is 4.79 Å². The highest BCUT2D eigenvalue weighted by Gasteiger charge is 2.45. The summed E-state index contributed by atoms with van der Waals surface area (Å²) in [6.45, 7) is 3.48. The van der Waals surface area contributed by atoms with Crippen molar-refractivity contribution >= 4 is 23.9 Å². The molecule has 3 atom stereocenters. The molecule has 2 rings (SSSR count). The third-order valence-electron chi connectivity index (χ3n) is 5.01. The number of carboxylic acid groups (broad SMARTS) is 1. The Bertz CT molecular complexity index is 769. The maximum absolute atomic E-state index is 12.9. The number of hydrogen-bond acceptors (Lipinski definition) is 6. The van der Waals surface area contributed by atoms with Crippen molar-refractivity contribution in [2.45, 2.75) is 51.2 Å². The summed E-state index contributed by atoms with van der Waals surface area (Å²) in [5.41, 5.74) is 1.09. The van der Waals surface area contributed by atoms with Gasteiger partial charge in [0.15, 0.2) is 6.04 Å². The number of likely N-dealkylation sites (N-methyl/N-ethyl adjacent to an activating group) is 1. The van der Waals surface area contributed by atoms with Crippen LogP contribution in [0.25, 0.3) is 0 Å². The van der Waals surface area contributed by atoms with Crippen molar-refractivity contribution in [2.24, 2.45) is 0 Å². The van der Waals surface area contributed by atoms with E-state index in [4.69, 9.17) is 4.74 Å². The van der Waals surface area contributed by atoms with Crippen LogP contribution in [-0.2, 0) is 25.5 Å². The summed E-state index contributed by atoms with van der Waals surface area (Å²) < 4.78 is 5.03. The molecule has 1 aromatic carbocycles. The SMILES string of the molecule is CCOC(=O)CC(CCc1ccccc1)NC(C)C(=O)N1C(=O)N(C)CC1C(=O)O. The molecule has 1 aliphatic rings. The average Bonchev–Trinajstić information content (AvgIpc) is 3.01. The van der Waals surface area contributed by atoms with Crippen molar-refractivity contribution in [3.05, 3.63) is 35.9 Å². The first kappa shape index (κ1) is 23.3. The van der Waals surface area contributed by atoms with E-state index in [1.165, 1.54) is 11.9 Å². The predicted molar refractivity (Wildman–Crippen MR) is 109 cm³/mol. The number of ether oxygens (including phenoxy) is 1. The third-order valence-corrected chi connectivity index (χ3v) is 5.01. The first-order valence-electron chi connectivity index (χ1n) is 10.0. The minimum absolute atomic E-state index is 0.0626. The Kier molecular flexibility index (Phi) is 8.35. The molecular weight excluding hydrogens is 390 g/mol. The molecule has 2 N–H and O–H groups in total. The molecule has 0 aromatic heterocycles. The summed E-state index contributed by atoms with van der Waals surface area (Å²) in [5, 5.41) is 12.5. The number of nitrogens with one attached hydrogen (secondary N) is 1. The van der Waals surface area contributed by atoms with Crippen LogP contribution in [0.3, 0.4) is 0 Å². The summed E-state index contributed by atoms with van der Waals surface area (Å²) in [6, 6.07) is 6.63. The van der Waals surface area contributed by atoms with E-state index in [9.17, 15) is 24.3 Å². The van der Waals surface area contributed by atoms with Crippen molar-refractivity contribution < 1.29 is 29.0 Å². The van der Waals surface area contributed by atoms with E-state index in [1.807, 2.05) is 30.3 Å². The van der Waals surface area contributed by atoms with E-state index in [0.29, 0.717) is 12.8 Å². The molecule has 30 heavy (non-hydrogen) atoms. The molecule has 164 valence electrons. The number of esters is 1. The van der Waals surface area contributed by atoms with E-state index < -0.39 is 30.0 Å². The van der Waals surface area contributed by atoms with Crippen LogP contribution in [0.15, 0.2) is 30.3 Å². The second-order valence-corrected chi connectivity index (χ2v) is 7.34. The Balaban J connectivity index is 2.08. The van der Waals surface area contributed by atoms with Gasteiger partial charge in [-0.05, 0) is 32.3 Å². The van der Waals surface area contributed by atoms with Gasteiger partial charge in [-0.2, -0.15) is 0 Å². The van der Waals surface area contributed by atoms with Crippen LogP contribution in [0.1, 0.15) is 32.3 Å². The molecule has 3 unspecified atom stereocenters. The van der Waals surface area contributed by atoms with Crippen LogP contribution in [0.5, 0.6) is 0 Å². The monoisotopic (exact) mass is 419 g/mol. The zero-order valence-corrected chi connectivity index (χ0v) is 17.5. The average molecular weight is 419 g/mol. The van der Waals surface area contributed by atoms with E-state index in [0.717, 1.165) is 10.5 Å². The van der Waals surface area contributed by atoms with E-state index in [1.54, 1.807) is 13.8 Å². The molecular formula is C21H29N3O6. The second-order valence-electron chi connectivity index (χ2n) is 7.34. The summed E-state index contributed by atoms with van der Waals surface area (Å²) in [4.78, 5) is 50.6. The number of benzene rings is 1. The molecule has 0 bridgehead atoms. The van der Waals surface area contributed by atoms with Crippen molar-refractivity contribution in [1.29, 1.82) is 0 Å². The number of carboxylic acids is 1. The molecule has 1 aliphatic heterocycles. The molecule has 1 aromatic rings. The summed E-state index contributed by atoms with van der Waals surface area (Å²) in [5.74, 6) is -2.26. The van der Waals surface area contributed by atoms with Crippen molar-refractivity contribution in [1.82, 2.24) is 15.1 Å². The Morgan fingerprint density at radius 3 is 2.53 bits per heavy atom. The van der Waals surface area contributed by atoms with Crippen LogP contribution in [-0.4, -0.2) is 77.1 Å². The fraction of sp³-hybridized carbons (Fsp3) is 0.524. The molecule has 9 heteroatoms. The van der Waals surface area contributed by atoms with Crippen LogP contribution in [0, 0.1) is 0 Å². The lowest BCUT2D eigenvalue weighted by molar-refractivity contribution is -0.146. The highest BCUT2D eigenvalue weighted by molar-refractivity contribution is 6.02.